The number of hydrogen-bond donors (Lipinski definition) is 2. The number of carbonyl (C=O) groups is 2. The van der Waals surface area contributed by atoms with Crippen LogP contribution in [0.2, 0.25) is 0 Å². The molecule has 0 fully saturated rings. The molecule has 35 heavy (non-hydrogen) atoms. The molecule has 0 bridgehead atoms. The summed E-state index contributed by atoms with van der Waals surface area (Å²) >= 11 is 1.56. The molecule has 5 aromatic rings. The lowest BCUT2D eigenvalue weighted by atomic mass is 10.1. The van der Waals surface area contributed by atoms with Gasteiger partial charge in [-0.3, -0.25) is 14.6 Å². The van der Waals surface area contributed by atoms with Crippen LogP contribution in [0.15, 0.2) is 78.6 Å². The van der Waals surface area contributed by atoms with Crippen molar-refractivity contribution in [3.8, 4) is 10.6 Å². The van der Waals surface area contributed by atoms with Crippen molar-refractivity contribution in [3.63, 3.8) is 0 Å². The van der Waals surface area contributed by atoms with E-state index in [0.717, 1.165) is 10.6 Å². The number of amides is 2. The summed E-state index contributed by atoms with van der Waals surface area (Å²) < 4.78 is 1.82. The van der Waals surface area contributed by atoms with Gasteiger partial charge >= 0.3 is 0 Å². The van der Waals surface area contributed by atoms with Gasteiger partial charge in [0.05, 0.1) is 33.3 Å². The molecule has 0 unspecified atom stereocenters. The van der Waals surface area contributed by atoms with E-state index in [1.807, 2.05) is 36.0 Å². The first-order valence-electron chi connectivity index (χ1n) is 11.0. The molecule has 0 aliphatic rings. The summed E-state index contributed by atoms with van der Waals surface area (Å²) in [7, 11) is 0. The molecule has 1 aromatic carbocycles. The molecule has 0 aliphatic heterocycles. The molecule has 2 N–H and O–H groups in total. The van der Waals surface area contributed by atoms with Gasteiger partial charge in [0.1, 0.15) is 0 Å². The van der Waals surface area contributed by atoms with Crippen LogP contribution < -0.4 is 10.6 Å². The Morgan fingerprint density at radius 1 is 0.943 bits per heavy atom. The van der Waals surface area contributed by atoms with Gasteiger partial charge in [0, 0.05) is 29.8 Å². The number of pyridine rings is 2. The van der Waals surface area contributed by atoms with Crippen LogP contribution in [-0.4, -0.2) is 31.6 Å². The zero-order valence-corrected chi connectivity index (χ0v) is 19.9. The summed E-state index contributed by atoms with van der Waals surface area (Å²) in [6.07, 6.45) is 4.79. The number of hydrogen-bond acceptors (Lipinski definition) is 6. The Morgan fingerprint density at radius 3 is 2.43 bits per heavy atom. The Kier molecular flexibility index (Phi) is 6.07. The number of aromatic nitrogens is 4. The molecular weight excluding hydrogens is 460 g/mol. The number of rotatable bonds is 6. The van der Waals surface area contributed by atoms with E-state index in [0.29, 0.717) is 33.5 Å². The highest BCUT2D eigenvalue weighted by Gasteiger charge is 2.19. The van der Waals surface area contributed by atoms with Gasteiger partial charge in [-0.1, -0.05) is 12.1 Å². The van der Waals surface area contributed by atoms with Crippen LogP contribution in [-0.2, 0) is 0 Å². The molecule has 9 heteroatoms. The fourth-order valence-corrected chi connectivity index (χ4v) is 4.39. The van der Waals surface area contributed by atoms with Crippen molar-refractivity contribution in [2.24, 2.45) is 0 Å². The molecule has 0 spiro atoms. The maximum atomic E-state index is 13.4. The fraction of sp³-hybridized carbons (Fsp3) is 0.115. The molecule has 0 saturated heterocycles. The number of benzene rings is 1. The van der Waals surface area contributed by atoms with E-state index in [4.69, 9.17) is 4.98 Å². The third-order valence-electron chi connectivity index (χ3n) is 5.38. The predicted molar refractivity (Wildman–Crippen MR) is 138 cm³/mol. The molecule has 5 rings (SSSR count). The van der Waals surface area contributed by atoms with E-state index in [2.05, 4.69) is 20.7 Å². The summed E-state index contributed by atoms with van der Waals surface area (Å²) in [4.78, 5) is 35.6. The zero-order valence-electron chi connectivity index (χ0n) is 19.1. The molecule has 2 amide bonds. The Balaban J connectivity index is 1.45. The number of carbonyl (C=O) groups excluding carboxylic acids is 2. The predicted octanol–water partition coefficient (Wildman–Crippen LogP) is 5.64. The third kappa shape index (κ3) is 4.67. The van der Waals surface area contributed by atoms with Gasteiger partial charge in [-0.25, -0.2) is 9.67 Å². The van der Waals surface area contributed by atoms with Crippen molar-refractivity contribution in [2.45, 2.75) is 19.9 Å². The topological polar surface area (TPSA) is 102 Å². The second-order valence-electron chi connectivity index (χ2n) is 8.18. The first kappa shape index (κ1) is 22.4. The summed E-state index contributed by atoms with van der Waals surface area (Å²) in [6, 6.07) is 16.2. The van der Waals surface area contributed by atoms with Crippen LogP contribution in [0.4, 0.5) is 11.4 Å². The van der Waals surface area contributed by atoms with Gasteiger partial charge in [-0.15, -0.1) is 11.3 Å². The van der Waals surface area contributed by atoms with Gasteiger partial charge < -0.3 is 10.6 Å². The smallest absolute Gasteiger partial charge is 0.257 e. The largest absolute Gasteiger partial charge is 0.322 e. The van der Waals surface area contributed by atoms with E-state index >= 15 is 0 Å². The first-order chi connectivity index (χ1) is 17.0. The highest BCUT2D eigenvalue weighted by atomic mass is 32.1. The number of nitrogens with one attached hydrogen (secondary N) is 2. The van der Waals surface area contributed by atoms with Crippen LogP contribution in [0.1, 0.15) is 40.6 Å². The quantitative estimate of drug-likeness (QED) is 0.326. The molecule has 4 heterocycles. The minimum Gasteiger partial charge on any atom is -0.322 e. The number of thiophene rings is 1. The van der Waals surface area contributed by atoms with Gasteiger partial charge in [-0.2, -0.15) is 5.10 Å². The SMILES string of the molecule is CC(C)n1ncc2c(C(=O)Nc3cccc(NC(=O)c4cccnc4)c3)cc(-c3cccs3)nc21. The number of anilines is 2. The normalized spacial score (nSPS) is 11.1. The number of fused-ring (bicyclic) bond motifs is 1. The Morgan fingerprint density at radius 2 is 1.74 bits per heavy atom. The highest BCUT2D eigenvalue weighted by molar-refractivity contribution is 7.13. The third-order valence-corrected chi connectivity index (χ3v) is 6.27. The lowest BCUT2D eigenvalue weighted by Crippen LogP contribution is -2.15. The summed E-state index contributed by atoms with van der Waals surface area (Å²) in [6.45, 7) is 4.05. The highest BCUT2D eigenvalue weighted by Crippen LogP contribution is 2.29. The van der Waals surface area contributed by atoms with Crippen molar-refractivity contribution < 1.29 is 9.59 Å². The van der Waals surface area contributed by atoms with Crippen LogP contribution in [0.3, 0.4) is 0 Å². The molecule has 174 valence electrons. The van der Waals surface area contributed by atoms with E-state index in [1.54, 1.807) is 66.2 Å². The van der Waals surface area contributed by atoms with E-state index in [1.165, 1.54) is 6.20 Å². The van der Waals surface area contributed by atoms with Crippen molar-refractivity contribution >= 4 is 45.6 Å². The van der Waals surface area contributed by atoms with Gasteiger partial charge in [0.25, 0.3) is 11.8 Å². The van der Waals surface area contributed by atoms with E-state index in [-0.39, 0.29) is 17.9 Å². The minimum absolute atomic E-state index is 0.0922. The first-order valence-corrected chi connectivity index (χ1v) is 11.9. The molecule has 8 nitrogen and oxygen atoms in total. The zero-order chi connectivity index (χ0) is 24.4. The fourth-order valence-electron chi connectivity index (χ4n) is 3.71. The maximum Gasteiger partial charge on any atom is 0.257 e. The molecule has 0 saturated carbocycles. The molecule has 0 aliphatic carbocycles. The monoisotopic (exact) mass is 482 g/mol. The van der Waals surface area contributed by atoms with Gasteiger partial charge in [0.15, 0.2) is 5.65 Å². The molecular formula is C26H22N6O2S. The van der Waals surface area contributed by atoms with Crippen molar-refractivity contribution in [1.82, 2.24) is 19.7 Å². The molecule has 4 aromatic heterocycles. The van der Waals surface area contributed by atoms with Crippen LogP contribution in [0, 0.1) is 0 Å². The minimum atomic E-state index is -0.283. The average Bonchev–Trinajstić information content (AvgIpc) is 3.54. The van der Waals surface area contributed by atoms with Gasteiger partial charge in [-0.05, 0) is 61.7 Å². The molecule has 0 atom stereocenters. The summed E-state index contributed by atoms with van der Waals surface area (Å²) in [5.41, 5.74) is 3.42. The van der Waals surface area contributed by atoms with Gasteiger partial charge in [0.2, 0.25) is 0 Å². The lowest BCUT2D eigenvalue weighted by Gasteiger charge is -2.11. The van der Waals surface area contributed by atoms with Crippen molar-refractivity contribution in [1.29, 1.82) is 0 Å². The number of nitrogens with zero attached hydrogens (tertiary/aromatic N) is 4. The second-order valence-corrected chi connectivity index (χ2v) is 9.13. The van der Waals surface area contributed by atoms with E-state index in [9.17, 15) is 9.59 Å². The molecule has 0 radical (unpaired) electrons. The summed E-state index contributed by atoms with van der Waals surface area (Å²) in [5.74, 6) is -0.562. The van der Waals surface area contributed by atoms with Crippen LogP contribution >= 0.6 is 11.3 Å². The standard InChI is InChI=1S/C26H22N6O2S/c1-16(2)32-24-21(15-28-32)20(13-22(31-24)23-9-5-11-35-23)26(34)30-19-8-3-7-18(12-19)29-25(33)17-6-4-10-27-14-17/h3-16H,1-2H3,(H,29,33)(H,30,34). The average molecular weight is 483 g/mol. The van der Waals surface area contributed by atoms with E-state index < -0.39 is 0 Å². The maximum absolute atomic E-state index is 13.4. The Bertz CT molecular complexity index is 1510. The Labute approximate surface area is 205 Å². The van der Waals surface area contributed by atoms with Crippen molar-refractivity contribution in [2.75, 3.05) is 10.6 Å². The second kappa shape index (κ2) is 9.47. The van der Waals surface area contributed by atoms with Crippen LogP contribution in [0.5, 0.6) is 0 Å². The Hall–Kier alpha value is -4.37. The van der Waals surface area contributed by atoms with Crippen molar-refractivity contribution in [3.05, 3.63) is 89.7 Å². The summed E-state index contributed by atoms with van der Waals surface area (Å²) in [5, 5.41) is 12.9. The van der Waals surface area contributed by atoms with Crippen LogP contribution in [0.25, 0.3) is 21.6 Å². The lowest BCUT2D eigenvalue weighted by molar-refractivity contribution is 0.102.